The Morgan fingerprint density at radius 3 is 1.48 bits per heavy atom. The summed E-state index contributed by atoms with van der Waals surface area (Å²) in [5.41, 5.74) is 0. The van der Waals surface area contributed by atoms with Crippen molar-refractivity contribution in [3.63, 3.8) is 0 Å². The van der Waals surface area contributed by atoms with Crippen LogP contribution in [0.25, 0.3) is 0 Å². The molecule has 0 radical (unpaired) electrons. The van der Waals surface area contributed by atoms with Crippen LogP contribution in [0.5, 0.6) is 0 Å². The molecular weight excluding hydrogens is 669 g/mol. The maximum atomic E-state index is 12.5. The van der Waals surface area contributed by atoms with Gasteiger partial charge in [0.15, 0.2) is 6.10 Å². The molecule has 0 saturated carbocycles. The van der Waals surface area contributed by atoms with Crippen LogP contribution in [-0.2, 0) is 23.8 Å². The number of carbonyl (C=O) groups is 2. The Morgan fingerprint density at radius 2 is 0.907 bits per heavy atom. The van der Waals surface area contributed by atoms with Gasteiger partial charge in [-0.25, -0.2) is 0 Å². The zero-order valence-electron chi connectivity index (χ0n) is 34.9. The Kier molecular flexibility index (Phi) is 41.6. The van der Waals surface area contributed by atoms with Gasteiger partial charge in [0.05, 0.1) is 6.61 Å². The highest BCUT2D eigenvalue weighted by Gasteiger charge is 2.17. The summed E-state index contributed by atoms with van der Waals surface area (Å²) in [6.07, 6.45) is 58.7. The predicted molar refractivity (Wildman–Crippen MR) is 233 cm³/mol. The maximum absolute atomic E-state index is 12.5. The number of ether oxygens (including phenoxy) is 3. The summed E-state index contributed by atoms with van der Waals surface area (Å²) in [7, 11) is 0. The first kappa shape index (κ1) is 50.8. The van der Waals surface area contributed by atoms with E-state index in [1.165, 1.54) is 51.4 Å². The Balaban J connectivity index is 4.24. The first-order valence-electron chi connectivity index (χ1n) is 21.8. The van der Waals surface area contributed by atoms with Gasteiger partial charge in [0.2, 0.25) is 0 Å². The molecule has 0 saturated heterocycles. The third-order valence-corrected chi connectivity index (χ3v) is 8.60. The topological polar surface area (TPSA) is 61.8 Å². The Morgan fingerprint density at radius 1 is 0.426 bits per heavy atom. The number of esters is 2. The number of hydrogen-bond donors (Lipinski definition) is 0. The molecule has 0 rings (SSSR count). The molecular formula is C49H80O5. The van der Waals surface area contributed by atoms with Crippen molar-refractivity contribution in [2.24, 2.45) is 0 Å². The van der Waals surface area contributed by atoms with E-state index in [0.717, 1.165) is 83.5 Å². The quantitative estimate of drug-likeness (QED) is 0.0357. The summed E-state index contributed by atoms with van der Waals surface area (Å²) in [5.74, 6) is -0.522. The highest BCUT2D eigenvalue weighted by atomic mass is 16.6. The Hall–Kier alpha value is -3.18. The van der Waals surface area contributed by atoms with Crippen LogP contribution in [0.4, 0.5) is 0 Å². The summed E-state index contributed by atoms with van der Waals surface area (Å²) in [6, 6.07) is 0. The van der Waals surface area contributed by atoms with E-state index in [4.69, 9.17) is 14.2 Å². The zero-order valence-corrected chi connectivity index (χ0v) is 34.9. The standard InChI is InChI=1S/C49H80O5/c1-4-7-10-13-15-17-19-21-23-24-25-26-27-28-30-32-34-37-39-42-48(50)53-46-47(54-49(51)43-40-36-12-9-6-3)45-52-44-41-38-35-33-31-29-22-20-18-16-14-11-8-5-2/h7,10-11,14-15,17-18,20-21,23,25-26,28,30,34,37,47H,4-6,8-9,12-13,16,19,22,24,27,29,31-33,35-36,38-46H2,1-3H3/b10-7-,14-11-,17-15-,20-18-,23-21-,26-25-,30-28-,37-34-. The first-order valence-corrected chi connectivity index (χ1v) is 21.8. The van der Waals surface area contributed by atoms with Crippen LogP contribution < -0.4 is 0 Å². The molecule has 0 bridgehead atoms. The molecule has 0 amide bonds. The number of rotatable bonds is 38. The molecule has 0 aliphatic heterocycles. The third-order valence-electron chi connectivity index (χ3n) is 8.60. The van der Waals surface area contributed by atoms with Gasteiger partial charge in [0.25, 0.3) is 0 Å². The van der Waals surface area contributed by atoms with Crippen molar-refractivity contribution in [1.82, 2.24) is 0 Å². The van der Waals surface area contributed by atoms with Crippen molar-refractivity contribution in [3.05, 3.63) is 97.2 Å². The normalized spacial score (nSPS) is 13.2. The van der Waals surface area contributed by atoms with Crippen molar-refractivity contribution >= 4 is 11.9 Å². The molecule has 0 heterocycles. The molecule has 5 heteroatoms. The average molecular weight is 749 g/mol. The van der Waals surface area contributed by atoms with E-state index in [9.17, 15) is 9.59 Å². The lowest BCUT2D eigenvalue weighted by atomic mass is 10.1. The minimum atomic E-state index is -0.571. The van der Waals surface area contributed by atoms with Crippen molar-refractivity contribution in [3.8, 4) is 0 Å². The molecule has 0 fully saturated rings. The molecule has 1 atom stereocenters. The van der Waals surface area contributed by atoms with Gasteiger partial charge in [0.1, 0.15) is 6.61 Å². The molecule has 0 aliphatic carbocycles. The smallest absolute Gasteiger partial charge is 0.306 e. The zero-order chi connectivity index (χ0) is 39.3. The van der Waals surface area contributed by atoms with Crippen molar-refractivity contribution in [1.29, 1.82) is 0 Å². The summed E-state index contributed by atoms with van der Waals surface area (Å²) in [5, 5.41) is 0. The molecule has 0 aromatic heterocycles. The summed E-state index contributed by atoms with van der Waals surface area (Å²) in [4.78, 5) is 24.9. The predicted octanol–water partition coefficient (Wildman–Crippen LogP) is 14.3. The fourth-order valence-corrected chi connectivity index (χ4v) is 5.39. The van der Waals surface area contributed by atoms with E-state index in [0.29, 0.717) is 25.9 Å². The van der Waals surface area contributed by atoms with E-state index in [1.54, 1.807) is 0 Å². The number of carbonyl (C=O) groups excluding carboxylic acids is 2. The lowest BCUT2D eigenvalue weighted by Gasteiger charge is -2.18. The van der Waals surface area contributed by atoms with E-state index in [2.05, 4.69) is 112 Å². The number of allylic oxidation sites excluding steroid dienone is 16. The van der Waals surface area contributed by atoms with Crippen LogP contribution in [0.2, 0.25) is 0 Å². The molecule has 306 valence electrons. The van der Waals surface area contributed by atoms with E-state index >= 15 is 0 Å². The minimum absolute atomic E-state index is 0.0353. The van der Waals surface area contributed by atoms with Gasteiger partial charge in [-0.3, -0.25) is 9.59 Å². The SMILES string of the molecule is CC/C=C\C/C=C\C/C=C\C/C=C\C/C=C\C/C=C\CCC(=O)OCC(COCCCCCCCC/C=C\C/C=C\CCC)OC(=O)CCCCCCC. The molecule has 0 aromatic carbocycles. The fraction of sp³-hybridized carbons (Fsp3) is 0.633. The average Bonchev–Trinajstić information content (AvgIpc) is 3.17. The second kappa shape index (κ2) is 44.2. The highest BCUT2D eigenvalue weighted by molar-refractivity contribution is 5.70. The molecule has 0 N–H and O–H groups in total. The molecule has 0 aliphatic rings. The van der Waals surface area contributed by atoms with Crippen molar-refractivity contribution in [2.75, 3.05) is 19.8 Å². The highest BCUT2D eigenvalue weighted by Crippen LogP contribution is 2.10. The monoisotopic (exact) mass is 749 g/mol. The van der Waals surface area contributed by atoms with E-state index < -0.39 is 6.10 Å². The number of unbranched alkanes of at least 4 members (excludes halogenated alkanes) is 11. The fourth-order valence-electron chi connectivity index (χ4n) is 5.39. The van der Waals surface area contributed by atoms with E-state index in [1.807, 2.05) is 6.08 Å². The van der Waals surface area contributed by atoms with Crippen LogP contribution in [0, 0.1) is 0 Å². The second-order valence-electron chi connectivity index (χ2n) is 13.9. The van der Waals surface area contributed by atoms with Gasteiger partial charge in [-0.15, -0.1) is 0 Å². The molecule has 0 aromatic rings. The van der Waals surface area contributed by atoms with Gasteiger partial charge in [-0.1, -0.05) is 176 Å². The van der Waals surface area contributed by atoms with Crippen LogP contribution >= 0.6 is 0 Å². The van der Waals surface area contributed by atoms with Crippen LogP contribution in [0.1, 0.15) is 175 Å². The van der Waals surface area contributed by atoms with Gasteiger partial charge in [-0.05, 0) is 83.5 Å². The minimum Gasteiger partial charge on any atom is -0.462 e. The van der Waals surface area contributed by atoms with Crippen LogP contribution in [0.15, 0.2) is 97.2 Å². The molecule has 1 unspecified atom stereocenters. The number of hydrogen-bond acceptors (Lipinski definition) is 5. The maximum Gasteiger partial charge on any atom is 0.306 e. The van der Waals surface area contributed by atoms with Gasteiger partial charge < -0.3 is 14.2 Å². The lowest BCUT2D eigenvalue weighted by molar-refractivity contribution is -0.162. The van der Waals surface area contributed by atoms with Crippen molar-refractivity contribution in [2.45, 2.75) is 181 Å². The first-order chi connectivity index (χ1) is 26.6. The largest absolute Gasteiger partial charge is 0.462 e. The summed E-state index contributed by atoms with van der Waals surface area (Å²) in [6.45, 7) is 7.45. The summed E-state index contributed by atoms with van der Waals surface area (Å²) >= 11 is 0. The Bertz CT molecular complexity index is 1070. The van der Waals surface area contributed by atoms with E-state index in [-0.39, 0.29) is 25.2 Å². The second-order valence-corrected chi connectivity index (χ2v) is 13.9. The van der Waals surface area contributed by atoms with Crippen LogP contribution in [-0.4, -0.2) is 37.9 Å². The van der Waals surface area contributed by atoms with Gasteiger partial charge >= 0.3 is 11.9 Å². The summed E-state index contributed by atoms with van der Waals surface area (Å²) < 4.78 is 17.1. The lowest BCUT2D eigenvalue weighted by Crippen LogP contribution is -2.30. The molecule has 0 spiro atoms. The van der Waals surface area contributed by atoms with Gasteiger partial charge in [-0.2, -0.15) is 0 Å². The van der Waals surface area contributed by atoms with Gasteiger partial charge in [0, 0.05) is 19.4 Å². The molecule has 54 heavy (non-hydrogen) atoms. The third kappa shape index (κ3) is 41.6. The Labute approximate surface area is 332 Å². The van der Waals surface area contributed by atoms with Crippen LogP contribution in [0.3, 0.4) is 0 Å². The van der Waals surface area contributed by atoms with Crippen molar-refractivity contribution < 1.29 is 23.8 Å². The molecule has 5 nitrogen and oxygen atoms in total.